The lowest BCUT2D eigenvalue weighted by atomic mass is 10.1. The monoisotopic (exact) mass is 1530 g/mol. The highest BCUT2D eigenvalue weighted by atomic mass is 31.2. The lowest BCUT2D eigenvalue weighted by molar-refractivity contribution is -0.161. The lowest BCUT2D eigenvalue weighted by Crippen LogP contribution is -2.30. The molecule has 3 N–H and O–H groups in total. The number of rotatable bonds is 77. The van der Waals surface area contributed by atoms with Crippen molar-refractivity contribution < 1.29 is 80.2 Å². The van der Waals surface area contributed by atoms with Crippen molar-refractivity contribution in [2.24, 2.45) is 0 Å². The highest BCUT2D eigenvalue weighted by Gasteiger charge is 2.30. The van der Waals surface area contributed by atoms with Gasteiger partial charge in [0, 0.05) is 25.7 Å². The molecule has 0 aliphatic rings. The van der Waals surface area contributed by atoms with Gasteiger partial charge in [0.25, 0.3) is 0 Å². The molecule has 106 heavy (non-hydrogen) atoms. The van der Waals surface area contributed by atoms with Gasteiger partial charge in [-0.15, -0.1) is 0 Å². The zero-order valence-corrected chi connectivity index (χ0v) is 68.4. The third-order valence-corrected chi connectivity index (χ3v) is 19.0. The molecule has 0 amide bonds. The van der Waals surface area contributed by atoms with Crippen LogP contribution in [-0.4, -0.2) is 96.7 Å². The summed E-state index contributed by atoms with van der Waals surface area (Å²) in [5, 5.41) is 10.7. The molecule has 17 nitrogen and oxygen atoms in total. The van der Waals surface area contributed by atoms with Gasteiger partial charge in [-0.2, -0.15) is 0 Å². The molecule has 0 bridgehead atoms. The van der Waals surface area contributed by atoms with E-state index in [1.807, 2.05) is 0 Å². The number of allylic oxidation sites excluding steroid dienone is 22. The van der Waals surface area contributed by atoms with Crippen molar-refractivity contribution in [3.63, 3.8) is 0 Å². The SMILES string of the molecule is CC/C=C\C/C=C\C/C=C\C/C=C\C/C=C\CCCCCC(=O)OCC(COP(=O)(O)OCC(O)COP(=O)(O)OCC(COC(=O)CCCCCCCCC/C=C\C/C=C\C/C=C\CC)OC(=O)CCCCCCC/C=C\CCCCCCCC)OC(=O)CCCCCCC/C=C\C/C=C\CCCCC. The Kier molecular flexibility index (Phi) is 74.8. The summed E-state index contributed by atoms with van der Waals surface area (Å²) in [6.07, 6.45) is 88.4. The van der Waals surface area contributed by atoms with E-state index in [1.54, 1.807) is 0 Å². The van der Waals surface area contributed by atoms with Gasteiger partial charge in [0.2, 0.25) is 0 Å². The van der Waals surface area contributed by atoms with E-state index in [0.29, 0.717) is 25.7 Å². The van der Waals surface area contributed by atoms with Crippen LogP contribution in [0.2, 0.25) is 0 Å². The van der Waals surface area contributed by atoms with Gasteiger partial charge < -0.3 is 33.8 Å². The van der Waals surface area contributed by atoms with Crippen LogP contribution < -0.4 is 0 Å². The fraction of sp³-hybridized carbons (Fsp3) is 0.701. The third kappa shape index (κ3) is 77.4. The van der Waals surface area contributed by atoms with Gasteiger partial charge in [0.15, 0.2) is 12.2 Å². The fourth-order valence-electron chi connectivity index (χ4n) is 10.8. The van der Waals surface area contributed by atoms with Crippen LogP contribution >= 0.6 is 15.6 Å². The Balaban J connectivity index is 5.42. The van der Waals surface area contributed by atoms with Gasteiger partial charge >= 0.3 is 39.5 Å². The molecule has 0 rings (SSSR count). The predicted octanol–water partition coefficient (Wildman–Crippen LogP) is 24.4. The summed E-state index contributed by atoms with van der Waals surface area (Å²) < 4.78 is 68.7. The number of unbranched alkanes of at least 4 members (excludes halogenated alkanes) is 29. The minimum absolute atomic E-state index is 0.0683. The number of esters is 4. The number of aliphatic hydroxyl groups is 1. The molecule has 0 saturated heterocycles. The molecule has 5 unspecified atom stereocenters. The average Bonchev–Trinajstić information content (AvgIpc) is 0.909. The van der Waals surface area contributed by atoms with Crippen LogP contribution in [0.3, 0.4) is 0 Å². The van der Waals surface area contributed by atoms with Crippen LogP contribution in [0.15, 0.2) is 134 Å². The second-order valence-corrected chi connectivity index (χ2v) is 30.2. The number of carbonyl (C=O) groups excluding carboxylic acids is 4. The van der Waals surface area contributed by atoms with Crippen LogP contribution in [-0.2, 0) is 65.4 Å². The summed E-state index contributed by atoms with van der Waals surface area (Å²) in [5.74, 6) is -2.24. The quantitative estimate of drug-likeness (QED) is 0.0169. The number of phosphoric acid groups is 2. The van der Waals surface area contributed by atoms with Gasteiger partial charge in [-0.3, -0.25) is 37.3 Å². The van der Waals surface area contributed by atoms with E-state index < -0.39 is 97.5 Å². The van der Waals surface area contributed by atoms with Gasteiger partial charge in [-0.05, 0) is 161 Å². The van der Waals surface area contributed by atoms with Gasteiger partial charge in [-0.25, -0.2) is 9.13 Å². The molecule has 608 valence electrons. The first-order valence-electron chi connectivity index (χ1n) is 41.4. The van der Waals surface area contributed by atoms with Crippen LogP contribution in [0.5, 0.6) is 0 Å². The second kappa shape index (κ2) is 78.3. The van der Waals surface area contributed by atoms with E-state index in [4.69, 9.17) is 37.0 Å². The zero-order valence-electron chi connectivity index (χ0n) is 66.6. The minimum atomic E-state index is -4.99. The molecule has 0 aromatic carbocycles. The second-order valence-electron chi connectivity index (χ2n) is 27.3. The number of phosphoric ester groups is 2. The molecule has 0 aliphatic carbocycles. The number of hydrogen-bond donors (Lipinski definition) is 3. The van der Waals surface area contributed by atoms with E-state index in [-0.39, 0.29) is 25.7 Å². The molecule has 0 aromatic rings. The van der Waals surface area contributed by atoms with E-state index in [0.717, 1.165) is 199 Å². The van der Waals surface area contributed by atoms with Crippen molar-refractivity contribution in [3.8, 4) is 0 Å². The number of hydrogen-bond acceptors (Lipinski definition) is 15. The van der Waals surface area contributed by atoms with Gasteiger partial charge in [-0.1, -0.05) is 283 Å². The Morgan fingerprint density at radius 2 is 0.491 bits per heavy atom. The van der Waals surface area contributed by atoms with E-state index in [2.05, 4.69) is 161 Å². The maximum Gasteiger partial charge on any atom is 0.472 e. The van der Waals surface area contributed by atoms with E-state index in [1.165, 1.54) is 57.8 Å². The highest BCUT2D eigenvalue weighted by Crippen LogP contribution is 2.45. The molecule has 0 heterocycles. The average molecular weight is 1530 g/mol. The number of aliphatic hydroxyl groups excluding tert-OH is 1. The molecule has 5 atom stereocenters. The number of carbonyl (C=O) groups is 4. The Bertz CT molecular complexity index is 2530. The smallest absolute Gasteiger partial charge is 0.462 e. The molecule has 19 heteroatoms. The Labute approximate surface area is 644 Å². The summed E-state index contributed by atoms with van der Waals surface area (Å²) in [6.45, 7) is 4.58. The maximum absolute atomic E-state index is 13.1. The van der Waals surface area contributed by atoms with E-state index >= 15 is 0 Å². The summed E-state index contributed by atoms with van der Waals surface area (Å²) in [6, 6.07) is 0. The van der Waals surface area contributed by atoms with Crippen molar-refractivity contribution in [3.05, 3.63) is 134 Å². The van der Waals surface area contributed by atoms with Crippen LogP contribution in [0.25, 0.3) is 0 Å². The van der Waals surface area contributed by atoms with Crippen LogP contribution in [0, 0.1) is 0 Å². The molecule has 0 spiro atoms. The summed E-state index contributed by atoms with van der Waals surface area (Å²) in [7, 11) is -9.98. The first-order chi connectivity index (χ1) is 51.7. The highest BCUT2D eigenvalue weighted by molar-refractivity contribution is 7.47. The third-order valence-electron chi connectivity index (χ3n) is 17.1. The molecular weight excluding hydrogens is 1380 g/mol. The topological polar surface area (TPSA) is 237 Å². The van der Waals surface area contributed by atoms with Crippen molar-refractivity contribution in [2.45, 2.75) is 354 Å². The van der Waals surface area contributed by atoms with Crippen molar-refractivity contribution >= 4 is 39.5 Å². The normalized spacial score (nSPS) is 14.5. The number of ether oxygens (including phenoxy) is 4. The summed E-state index contributed by atoms with van der Waals surface area (Å²) >= 11 is 0. The van der Waals surface area contributed by atoms with Crippen molar-refractivity contribution in [1.82, 2.24) is 0 Å². The lowest BCUT2D eigenvalue weighted by Gasteiger charge is -2.21. The van der Waals surface area contributed by atoms with Crippen LogP contribution in [0.4, 0.5) is 0 Å². The molecule has 0 aliphatic heterocycles. The van der Waals surface area contributed by atoms with Crippen molar-refractivity contribution in [2.75, 3.05) is 39.6 Å². The van der Waals surface area contributed by atoms with Gasteiger partial charge in [0.05, 0.1) is 26.4 Å². The first-order valence-corrected chi connectivity index (χ1v) is 44.4. The minimum Gasteiger partial charge on any atom is -0.462 e. The first kappa shape index (κ1) is 101. The summed E-state index contributed by atoms with van der Waals surface area (Å²) in [4.78, 5) is 73.1. The molecule has 0 aromatic heterocycles. The summed E-state index contributed by atoms with van der Waals surface area (Å²) in [5.41, 5.74) is 0. The van der Waals surface area contributed by atoms with Crippen LogP contribution in [0.1, 0.15) is 336 Å². The molecule has 0 saturated carbocycles. The molecule has 0 radical (unpaired) electrons. The Morgan fingerprint density at radius 3 is 0.792 bits per heavy atom. The predicted molar refractivity (Wildman–Crippen MR) is 436 cm³/mol. The standard InChI is InChI=1S/C87H148O17P2/c1-5-9-13-17-21-25-29-33-37-39-40-42-46-48-52-56-60-64-68-72-85(90)98-78-83(104-87(92)74-70-66-62-58-54-50-44-36-32-28-24-20-16-12-8-4)80-102-106(95,96)100-76-81(88)75-99-105(93,94)101-79-82(103-86(91)73-69-65-61-57-53-49-43-35-31-27-23-19-15-11-7-3)77-97-84(89)71-67-63-59-55-51-47-45-41-38-34-30-26-22-18-14-10-6-2/h9-10,13-14,21-22,24-26,28,33-38,40,42-44,48,52,81-83,88H,5-8,11-12,15-20,23,27,29-32,39,41,45-47,49-51,53-80H2,1-4H3,(H,93,94)(H,95,96)/b13-9-,14-10-,25-21-,26-22-,28-24-,37-33-,38-34-,42-40-,43-35-,44-36-,52-48-. The Hall–Kier alpha value is -4.80. The Morgan fingerprint density at radius 1 is 0.274 bits per heavy atom. The zero-order chi connectivity index (χ0) is 77.4. The molecular formula is C87H148O17P2. The van der Waals surface area contributed by atoms with Crippen molar-refractivity contribution in [1.29, 1.82) is 0 Å². The largest absolute Gasteiger partial charge is 0.472 e. The van der Waals surface area contributed by atoms with Gasteiger partial charge in [0.1, 0.15) is 19.3 Å². The fourth-order valence-corrected chi connectivity index (χ4v) is 12.4. The van der Waals surface area contributed by atoms with E-state index in [9.17, 15) is 43.2 Å². The molecule has 0 fully saturated rings. The maximum atomic E-state index is 13.1.